The van der Waals surface area contributed by atoms with Gasteiger partial charge in [0, 0.05) is 0 Å². The maximum Gasteiger partial charge on any atom is 0.333 e. The molecule has 1 rings (SSSR count). The lowest BCUT2D eigenvalue weighted by molar-refractivity contribution is -0.310. The molecule has 1 aliphatic heterocycles. The molecule has 1 heterocycles. The number of ether oxygens (including phenoxy) is 2. The number of aliphatic hydroxyl groups excluding tert-OH is 4. The number of aliphatic carboxylic acids is 2. The highest BCUT2D eigenvalue weighted by atomic mass is 16.7. The lowest BCUT2D eigenvalue weighted by atomic mass is 9.99. The maximum atomic E-state index is 10.8. The summed E-state index contributed by atoms with van der Waals surface area (Å²) >= 11 is 0. The number of carbonyl (C=O) groups is 2. The van der Waals surface area contributed by atoms with E-state index in [9.17, 15) is 24.9 Å². The van der Waals surface area contributed by atoms with Crippen LogP contribution in [0.15, 0.2) is 0 Å². The highest BCUT2D eigenvalue weighted by Gasteiger charge is 2.45. The molecule has 0 radical (unpaired) electrons. The van der Waals surface area contributed by atoms with Gasteiger partial charge in [-0.25, -0.2) is 4.79 Å². The van der Waals surface area contributed by atoms with Gasteiger partial charge in [-0.15, -0.1) is 0 Å². The minimum Gasteiger partial charge on any atom is -0.481 e. The van der Waals surface area contributed by atoms with Crippen LogP contribution in [0.1, 0.15) is 6.42 Å². The molecule has 20 heavy (non-hydrogen) atoms. The van der Waals surface area contributed by atoms with Gasteiger partial charge < -0.3 is 40.1 Å². The van der Waals surface area contributed by atoms with Gasteiger partial charge in [0.05, 0.1) is 13.0 Å². The van der Waals surface area contributed by atoms with E-state index >= 15 is 0 Å². The smallest absolute Gasteiger partial charge is 0.333 e. The first-order chi connectivity index (χ1) is 9.27. The molecule has 10 nitrogen and oxygen atoms in total. The topological polar surface area (TPSA) is 174 Å². The number of rotatable bonds is 6. The normalized spacial score (nSPS) is 35.5. The van der Waals surface area contributed by atoms with Crippen LogP contribution in [0.2, 0.25) is 0 Å². The Morgan fingerprint density at radius 2 is 1.70 bits per heavy atom. The van der Waals surface area contributed by atoms with Crippen LogP contribution in [0.3, 0.4) is 0 Å². The molecule has 1 saturated heterocycles. The standard InChI is InChI=1S/C10H16O10/c11-2-4-6(14)7(15)8(16)10(20-4)19-3(9(17)18)1-5(12)13/h3-4,6-8,10-11,14-16H,1-2H2,(H,12,13)(H,17,18)/t3-,4?,6+,7?,8+,10-/m1/s1. The monoisotopic (exact) mass is 296 g/mol. The minimum absolute atomic E-state index is 0.707. The van der Waals surface area contributed by atoms with Gasteiger partial charge in [-0.1, -0.05) is 0 Å². The van der Waals surface area contributed by atoms with E-state index in [0.717, 1.165) is 0 Å². The summed E-state index contributed by atoms with van der Waals surface area (Å²) in [5.74, 6) is -3.04. The molecule has 1 fully saturated rings. The van der Waals surface area contributed by atoms with Crippen molar-refractivity contribution in [2.45, 2.75) is 43.2 Å². The molecule has 6 atom stereocenters. The van der Waals surface area contributed by atoms with Crippen LogP contribution in [0.5, 0.6) is 0 Å². The van der Waals surface area contributed by atoms with Gasteiger partial charge in [0.1, 0.15) is 24.4 Å². The van der Waals surface area contributed by atoms with Crippen molar-refractivity contribution in [3.63, 3.8) is 0 Å². The number of aliphatic hydroxyl groups is 4. The first-order valence-corrected chi connectivity index (χ1v) is 5.68. The number of hydrogen-bond donors (Lipinski definition) is 6. The molecule has 116 valence electrons. The maximum absolute atomic E-state index is 10.8. The van der Waals surface area contributed by atoms with Gasteiger partial charge in [0.25, 0.3) is 0 Å². The summed E-state index contributed by atoms with van der Waals surface area (Å²) in [4.78, 5) is 21.3. The highest BCUT2D eigenvalue weighted by Crippen LogP contribution is 2.23. The van der Waals surface area contributed by atoms with E-state index in [1.54, 1.807) is 0 Å². The molecular weight excluding hydrogens is 280 g/mol. The van der Waals surface area contributed by atoms with Crippen molar-refractivity contribution in [1.29, 1.82) is 0 Å². The molecule has 0 spiro atoms. The van der Waals surface area contributed by atoms with Crippen molar-refractivity contribution in [3.8, 4) is 0 Å². The molecule has 2 unspecified atom stereocenters. The Labute approximate surface area is 112 Å². The van der Waals surface area contributed by atoms with E-state index in [4.69, 9.17) is 24.8 Å². The number of carboxylic acid groups (broad SMARTS) is 2. The van der Waals surface area contributed by atoms with Crippen LogP contribution in [0, 0.1) is 0 Å². The molecule has 0 aromatic rings. The first-order valence-electron chi connectivity index (χ1n) is 5.68. The summed E-state index contributed by atoms with van der Waals surface area (Å²) in [6, 6.07) is 0. The van der Waals surface area contributed by atoms with Crippen molar-refractivity contribution < 1.29 is 49.7 Å². The molecule has 0 saturated carbocycles. The summed E-state index contributed by atoms with van der Waals surface area (Å²) < 4.78 is 9.70. The van der Waals surface area contributed by atoms with Crippen LogP contribution in [0.4, 0.5) is 0 Å². The van der Waals surface area contributed by atoms with Crippen LogP contribution >= 0.6 is 0 Å². The zero-order valence-electron chi connectivity index (χ0n) is 10.2. The van der Waals surface area contributed by atoms with E-state index < -0.39 is 61.8 Å². The van der Waals surface area contributed by atoms with Crippen LogP contribution in [0.25, 0.3) is 0 Å². The van der Waals surface area contributed by atoms with E-state index in [1.807, 2.05) is 0 Å². The van der Waals surface area contributed by atoms with E-state index in [2.05, 4.69) is 0 Å². The molecule has 0 amide bonds. The number of carboxylic acids is 2. The molecule has 0 bridgehead atoms. The fourth-order valence-corrected chi connectivity index (χ4v) is 1.69. The third kappa shape index (κ3) is 3.85. The fraction of sp³-hybridized carbons (Fsp3) is 0.800. The Kier molecular flexibility index (Phi) is 5.80. The van der Waals surface area contributed by atoms with Gasteiger partial charge in [-0.05, 0) is 0 Å². The Hall–Kier alpha value is -1.30. The van der Waals surface area contributed by atoms with Gasteiger partial charge in [0.2, 0.25) is 0 Å². The number of hydrogen-bond acceptors (Lipinski definition) is 8. The second kappa shape index (κ2) is 6.92. The lowest BCUT2D eigenvalue weighted by Gasteiger charge is -2.40. The third-order valence-electron chi connectivity index (χ3n) is 2.78. The summed E-state index contributed by atoms with van der Waals surface area (Å²) in [6.45, 7) is -0.707. The third-order valence-corrected chi connectivity index (χ3v) is 2.78. The second-order valence-corrected chi connectivity index (χ2v) is 4.26. The summed E-state index contributed by atoms with van der Waals surface area (Å²) in [7, 11) is 0. The zero-order valence-corrected chi connectivity index (χ0v) is 10.2. The average molecular weight is 296 g/mol. The average Bonchev–Trinajstić information content (AvgIpc) is 2.37. The second-order valence-electron chi connectivity index (χ2n) is 4.26. The molecule has 10 heteroatoms. The quantitative estimate of drug-likeness (QED) is 0.292. The lowest BCUT2D eigenvalue weighted by Crippen LogP contribution is -2.60. The predicted molar refractivity (Wildman–Crippen MR) is 58.5 cm³/mol. The Morgan fingerprint density at radius 1 is 1.10 bits per heavy atom. The van der Waals surface area contributed by atoms with Crippen molar-refractivity contribution >= 4 is 11.9 Å². The van der Waals surface area contributed by atoms with E-state index in [0.29, 0.717) is 0 Å². The first kappa shape index (κ1) is 16.8. The molecule has 0 aromatic carbocycles. The largest absolute Gasteiger partial charge is 0.481 e. The molecule has 6 N–H and O–H groups in total. The van der Waals surface area contributed by atoms with Gasteiger partial charge in [0.15, 0.2) is 12.4 Å². The molecule has 0 aromatic heterocycles. The molecular formula is C10H16O10. The van der Waals surface area contributed by atoms with Gasteiger partial charge in [-0.2, -0.15) is 0 Å². The molecule has 1 aliphatic rings. The summed E-state index contributed by atoms with van der Waals surface area (Å²) in [5.41, 5.74) is 0. The van der Waals surface area contributed by atoms with Gasteiger partial charge >= 0.3 is 11.9 Å². The highest BCUT2D eigenvalue weighted by molar-refractivity contribution is 5.79. The zero-order chi connectivity index (χ0) is 15.4. The van der Waals surface area contributed by atoms with Crippen molar-refractivity contribution in [2.75, 3.05) is 6.61 Å². The van der Waals surface area contributed by atoms with Crippen molar-refractivity contribution in [2.24, 2.45) is 0 Å². The Balaban J connectivity index is 2.77. The van der Waals surface area contributed by atoms with Crippen molar-refractivity contribution in [1.82, 2.24) is 0 Å². The van der Waals surface area contributed by atoms with Crippen molar-refractivity contribution in [3.05, 3.63) is 0 Å². The van der Waals surface area contributed by atoms with E-state index in [1.165, 1.54) is 0 Å². The molecule has 0 aliphatic carbocycles. The van der Waals surface area contributed by atoms with Gasteiger partial charge in [-0.3, -0.25) is 4.79 Å². The Morgan fingerprint density at radius 3 is 2.15 bits per heavy atom. The van der Waals surface area contributed by atoms with Crippen LogP contribution < -0.4 is 0 Å². The Bertz CT molecular complexity index is 356. The summed E-state index contributed by atoms with van der Waals surface area (Å²) in [6.07, 6.45) is -10.8. The summed E-state index contributed by atoms with van der Waals surface area (Å²) in [5, 5.41) is 54.8. The fourth-order valence-electron chi connectivity index (χ4n) is 1.69. The van der Waals surface area contributed by atoms with Crippen LogP contribution in [-0.2, 0) is 19.1 Å². The SMILES string of the molecule is O=C(O)C[C@@H](O[C@@H]1OC(CO)[C@H](O)C(O)[C@@H]1O)C(=O)O. The van der Waals surface area contributed by atoms with E-state index in [-0.39, 0.29) is 0 Å². The predicted octanol–water partition coefficient (Wildman–Crippen LogP) is -3.27. The van der Waals surface area contributed by atoms with Crippen LogP contribution in [-0.4, -0.2) is 86.0 Å². The minimum atomic E-state index is -1.81.